The van der Waals surface area contributed by atoms with Gasteiger partial charge in [-0.25, -0.2) is 4.98 Å². The average Bonchev–Trinajstić information content (AvgIpc) is 2.46. The number of benzene rings is 1. The summed E-state index contributed by atoms with van der Waals surface area (Å²) in [5.41, 5.74) is 3.24. The molecule has 20 heavy (non-hydrogen) atoms. The lowest BCUT2D eigenvalue weighted by atomic mass is 9.94. The van der Waals surface area contributed by atoms with Crippen molar-refractivity contribution in [1.82, 2.24) is 4.98 Å². The first kappa shape index (κ1) is 13.4. The number of halogens is 1. The predicted octanol–water partition coefficient (Wildman–Crippen LogP) is 3.56. The number of aromatic nitrogens is 1. The topological polar surface area (TPSA) is 36.4 Å². The normalized spacial score (nSPS) is 17.9. The fraction of sp³-hybridized carbons (Fsp3) is 0.312. The minimum Gasteiger partial charge on any atom is -0.392 e. The molecule has 3 rings (SSSR count). The van der Waals surface area contributed by atoms with Crippen LogP contribution in [0.2, 0.25) is 5.02 Å². The maximum absolute atomic E-state index is 9.15. The quantitative estimate of drug-likeness (QED) is 0.918. The number of para-hydroxylation sites is 1. The van der Waals surface area contributed by atoms with Crippen LogP contribution in [0.25, 0.3) is 0 Å². The molecule has 2 heterocycles. The van der Waals surface area contributed by atoms with Gasteiger partial charge in [-0.2, -0.15) is 0 Å². The number of aliphatic hydroxyl groups excluding tert-OH is 1. The Balaban J connectivity index is 2.06. The summed E-state index contributed by atoms with van der Waals surface area (Å²) in [6.07, 6.45) is 2.77. The fourth-order valence-electron chi connectivity index (χ4n) is 2.75. The largest absolute Gasteiger partial charge is 0.392 e. The van der Waals surface area contributed by atoms with Crippen molar-refractivity contribution in [2.75, 3.05) is 11.4 Å². The van der Waals surface area contributed by atoms with E-state index in [9.17, 15) is 0 Å². The van der Waals surface area contributed by atoms with Crippen LogP contribution in [0.5, 0.6) is 0 Å². The van der Waals surface area contributed by atoms with Crippen LogP contribution in [0.3, 0.4) is 0 Å². The number of hydrogen-bond acceptors (Lipinski definition) is 3. The van der Waals surface area contributed by atoms with Crippen LogP contribution in [0.4, 0.5) is 11.5 Å². The van der Waals surface area contributed by atoms with Crippen molar-refractivity contribution in [3.8, 4) is 0 Å². The molecule has 0 bridgehead atoms. The highest BCUT2D eigenvalue weighted by atomic mass is 35.5. The first-order valence-corrected chi connectivity index (χ1v) is 7.17. The molecule has 1 aliphatic rings. The molecule has 4 heteroatoms. The molecule has 1 N–H and O–H groups in total. The second kappa shape index (κ2) is 5.43. The van der Waals surface area contributed by atoms with Gasteiger partial charge in [0.05, 0.1) is 11.6 Å². The van der Waals surface area contributed by atoms with Crippen LogP contribution in [0.15, 0.2) is 36.5 Å². The Labute approximate surface area is 123 Å². The van der Waals surface area contributed by atoms with E-state index >= 15 is 0 Å². The van der Waals surface area contributed by atoms with Crippen molar-refractivity contribution in [2.45, 2.75) is 20.0 Å². The van der Waals surface area contributed by atoms with Gasteiger partial charge in [0.2, 0.25) is 0 Å². The molecule has 0 radical (unpaired) electrons. The molecular formula is C16H17ClN2O. The van der Waals surface area contributed by atoms with E-state index in [0.717, 1.165) is 24.3 Å². The summed E-state index contributed by atoms with van der Waals surface area (Å²) < 4.78 is 0. The van der Waals surface area contributed by atoms with Gasteiger partial charge in [-0.15, -0.1) is 0 Å². The van der Waals surface area contributed by atoms with Gasteiger partial charge in [0, 0.05) is 18.4 Å². The summed E-state index contributed by atoms with van der Waals surface area (Å²) in [5.74, 6) is 1.32. The molecule has 0 spiro atoms. The minimum absolute atomic E-state index is 0.0417. The molecule has 0 saturated heterocycles. The Bertz CT molecular complexity index is 630. The third-order valence-corrected chi connectivity index (χ3v) is 3.94. The van der Waals surface area contributed by atoms with E-state index in [0.29, 0.717) is 10.9 Å². The molecular weight excluding hydrogens is 272 g/mol. The first-order valence-electron chi connectivity index (χ1n) is 6.79. The van der Waals surface area contributed by atoms with E-state index < -0.39 is 0 Å². The van der Waals surface area contributed by atoms with Crippen molar-refractivity contribution >= 4 is 23.1 Å². The molecule has 2 aromatic rings. The van der Waals surface area contributed by atoms with Gasteiger partial charge in [-0.05, 0) is 35.6 Å². The number of rotatable bonds is 2. The summed E-state index contributed by atoms with van der Waals surface area (Å²) in [4.78, 5) is 6.61. The number of anilines is 2. The molecule has 1 aliphatic heterocycles. The van der Waals surface area contributed by atoms with E-state index in [1.165, 1.54) is 11.3 Å². The van der Waals surface area contributed by atoms with Gasteiger partial charge in [-0.1, -0.05) is 36.7 Å². The highest BCUT2D eigenvalue weighted by Crippen LogP contribution is 2.37. The van der Waals surface area contributed by atoms with Crippen LogP contribution in [-0.4, -0.2) is 16.6 Å². The zero-order chi connectivity index (χ0) is 14.1. The molecule has 1 atom stereocenters. The van der Waals surface area contributed by atoms with Crippen molar-refractivity contribution in [2.24, 2.45) is 5.92 Å². The van der Waals surface area contributed by atoms with Crippen LogP contribution < -0.4 is 4.90 Å². The summed E-state index contributed by atoms with van der Waals surface area (Å²) in [7, 11) is 0. The van der Waals surface area contributed by atoms with Crippen LogP contribution in [0.1, 0.15) is 18.1 Å². The Morgan fingerprint density at radius 2 is 2.20 bits per heavy atom. The fourth-order valence-corrected chi connectivity index (χ4v) is 3.04. The van der Waals surface area contributed by atoms with Crippen LogP contribution in [0, 0.1) is 5.92 Å². The standard InChI is InChI=1S/C16H17ClN2O/c1-11-6-13-4-2-3-5-15(13)19(9-11)16-14(17)7-12(10-20)8-18-16/h2-5,7-8,11,20H,6,9-10H2,1H3. The summed E-state index contributed by atoms with van der Waals surface area (Å²) in [6, 6.07) is 10.2. The van der Waals surface area contributed by atoms with Gasteiger partial charge in [0.25, 0.3) is 0 Å². The molecule has 104 valence electrons. The van der Waals surface area contributed by atoms with Crippen LogP contribution in [-0.2, 0) is 13.0 Å². The van der Waals surface area contributed by atoms with Crippen molar-refractivity contribution in [3.05, 3.63) is 52.7 Å². The third kappa shape index (κ3) is 2.39. The van der Waals surface area contributed by atoms with Gasteiger partial charge in [0.1, 0.15) is 0 Å². The molecule has 3 nitrogen and oxygen atoms in total. The zero-order valence-electron chi connectivity index (χ0n) is 11.4. The molecule has 0 aliphatic carbocycles. The lowest BCUT2D eigenvalue weighted by Crippen LogP contribution is -2.31. The summed E-state index contributed by atoms with van der Waals surface area (Å²) in [6.45, 7) is 3.10. The Hall–Kier alpha value is -1.58. The molecule has 0 saturated carbocycles. The minimum atomic E-state index is -0.0417. The number of hydrogen-bond donors (Lipinski definition) is 1. The smallest absolute Gasteiger partial charge is 0.151 e. The van der Waals surface area contributed by atoms with Gasteiger partial charge < -0.3 is 10.0 Å². The summed E-state index contributed by atoms with van der Waals surface area (Å²) >= 11 is 6.34. The number of aliphatic hydroxyl groups is 1. The maximum atomic E-state index is 9.15. The van der Waals surface area contributed by atoms with E-state index in [1.54, 1.807) is 12.3 Å². The van der Waals surface area contributed by atoms with E-state index in [4.69, 9.17) is 16.7 Å². The van der Waals surface area contributed by atoms with E-state index in [2.05, 4.69) is 35.0 Å². The monoisotopic (exact) mass is 288 g/mol. The van der Waals surface area contributed by atoms with Crippen molar-refractivity contribution < 1.29 is 5.11 Å². The Morgan fingerprint density at radius 3 is 2.95 bits per heavy atom. The highest BCUT2D eigenvalue weighted by Gasteiger charge is 2.24. The Kier molecular flexibility index (Phi) is 3.64. The SMILES string of the molecule is CC1Cc2ccccc2N(c2ncc(CO)cc2Cl)C1. The van der Waals surface area contributed by atoms with Crippen molar-refractivity contribution in [3.63, 3.8) is 0 Å². The second-order valence-corrected chi connectivity index (χ2v) is 5.76. The van der Waals surface area contributed by atoms with Gasteiger partial charge in [0.15, 0.2) is 5.82 Å². The molecule has 1 unspecified atom stereocenters. The highest BCUT2D eigenvalue weighted by molar-refractivity contribution is 6.33. The Morgan fingerprint density at radius 1 is 1.40 bits per heavy atom. The lowest BCUT2D eigenvalue weighted by Gasteiger charge is -2.34. The van der Waals surface area contributed by atoms with Crippen molar-refractivity contribution in [1.29, 1.82) is 0 Å². The zero-order valence-corrected chi connectivity index (χ0v) is 12.1. The first-order chi connectivity index (χ1) is 9.69. The number of fused-ring (bicyclic) bond motifs is 1. The van der Waals surface area contributed by atoms with E-state index in [-0.39, 0.29) is 6.61 Å². The molecule has 1 aromatic heterocycles. The molecule has 1 aromatic carbocycles. The number of nitrogens with zero attached hydrogens (tertiary/aromatic N) is 2. The molecule has 0 fully saturated rings. The van der Waals surface area contributed by atoms with E-state index in [1.807, 2.05) is 6.07 Å². The van der Waals surface area contributed by atoms with Gasteiger partial charge >= 0.3 is 0 Å². The average molecular weight is 289 g/mol. The third-order valence-electron chi connectivity index (χ3n) is 3.66. The van der Waals surface area contributed by atoms with Crippen LogP contribution >= 0.6 is 11.6 Å². The summed E-state index contributed by atoms with van der Waals surface area (Å²) in [5, 5.41) is 9.73. The number of pyridine rings is 1. The maximum Gasteiger partial charge on any atom is 0.151 e. The second-order valence-electron chi connectivity index (χ2n) is 5.36. The van der Waals surface area contributed by atoms with Gasteiger partial charge in [-0.3, -0.25) is 0 Å². The predicted molar refractivity (Wildman–Crippen MR) is 81.5 cm³/mol. The lowest BCUT2D eigenvalue weighted by molar-refractivity contribution is 0.281. The molecule has 0 amide bonds.